The van der Waals surface area contributed by atoms with Crippen LogP contribution in [0, 0.1) is 12.7 Å². The lowest BCUT2D eigenvalue weighted by molar-refractivity contribution is 0.309. The molecule has 1 aromatic rings. The van der Waals surface area contributed by atoms with Crippen molar-refractivity contribution >= 4 is 29.9 Å². The molecule has 1 atom stereocenters. The fraction of sp³-hybridized carbons (Fsp3) is 0.588. The SMILES string of the molecule is CN=C(NCCc1ccc(F)cc1C)NCC1CCCN1C.I. The van der Waals surface area contributed by atoms with Crippen LogP contribution in [0.1, 0.15) is 24.0 Å². The lowest BCUT2D eigenvalue weighted by atomic mass is 10.1. The number of likely N-dealkylation sites (tertiary alicyclic amines) is 1. The van der Waals surface area contributed by atoms with Gasteiger partial charge in [-0.3, -0.25) is 4.99 Å². The fourth-order valence-electron chi connectivity index (χ4n) is 2.93. The minimum absolute atomic E-state index is 0. The number of likely N-dealkylation sites (N-methyl/N-ethyl adjacent to an activating group) is 1. The van der Waals surface area contributed by atoms with E-state index in [0.717, 1.165) is 31.0 Å². The number of rotatable bonds is 5. The van der Waals surface area contributed by atoms with Gasteiger partial charge in [0.1, 0.15) is 5.82 Å². The van der Waals surface area contributed by atoms with Gasteiger partial charge >= 0.3 is 0 Å². The fourth-order valence-corrected chi connectivity index (χ4v) is 2.93. The van der Waals surface area contributed by atoms with Crippen LogP contribution in [0.5, 0.6) is 0 Å². The minimum atomic E-state index is -0.174. The molecule has 1 unspecified atom stereocenters. The van der Waals surface area contributed by atoms with E-state index < -0.39 is 0 Å². The topological polar surface area (TPSA) is 39.7 Å². The van der Waals surface area contributed by atoms with Crippen molar-refractivity contribution < 1.29 is 4.39 Å². The zero-order valence-corrected chi connectivity index (χ0v) is 16.6. The number of benzene rings is 1. The second-order valence-corrected chi connectivity index (χ2v) is 5.98. The third-order valence-electron chi connectivity index (χ3n) is 4.39. The van der Waals surface area contributed by atoms with Crippen LogP contribution in [0.3, 0.4) is 0 Å². The summed E-state index contributed by atoms with van der Waals surface area (Å²) < 4.78 is 13.1. The summed E-state index contributed by atoms with van der Waals surface area (Å²) in [6.45, 7) is 4.84. The number of aryl methyl sites for hydroxylation is 1. The van der Waals surface area contributed by atoms with Crippen LogP contribution in [-0.2, 0) is 6.42 Å². The molecule has 6 heteroatoms. The molecule has 1 heterocycles. The average molecular weight is 434 g/mol. The van der Waals surface area contributed by atoms with Gasteiger partial charge in [0.15, 0.2) is 5.96 Å². The molecule has 1 aliphatic rings. The Morgan fingerprint density at radius 2 is 2.17 bits per heavy atom. The van der Waals surface area contributed by atoms with Crippen molar-refractivity contribution in [2.24, 2.45) is 4.99 Å². The van der Waals surface area contributed by atoms with Crippen LogP contribution < -0.4 is 10.6 Å². The molecule has 130 valence electrons. The van der Waals surface area contributed by atoms with Crippen molar-refractivity contribution in [2.45, 2.75) is 32.2 Å². The van der Waals surface area contributed by atoms with Gasteiger partial charge in [-0.05, 0) is 63.0 Å². The average Bonchev–Trinajstić information content (AvgIpc) is 2.90. The highest BCUT2D eigenvalue weighted by Gasteiger charge is 2.20. The van der Waals surface area contributed by atoms with E-state index in [-0.39, 0.29) is 29.8 Å². The Hall–Kier alpha value is -0.890. The summed E-state index contributed by atoms with van der Waals surface area (Å²) in [4.78, 5) is 6.65. The molecule has 4 nitrogen and oxygen atoms in total. The smallest absolute Gasteiger partial charge is 0.191 e. The van der Waals surface area contributed by atoms with Gasteiger partial charge in [0.05, 0.1) is 0 Å². The second kappa shape index (κ2) is 10.1. The molecule has 1 fully saturated rings. The molecule has 0 bridgehead atoms. The molecule has 1 aliphatic heterocycles. The number of hydrogen-bond acceptors (Lipinski definition) is 2. The highest BCUT2D eigenvalue weighted by atomic mass is 127. The number of hydrogen-bond donors (Lipinski definition) is 2. The summed E-state index contributed by atoms with van der Waals surface area (Å²) in [5.74, 6) is 0.660. The highest BCUT2D eigenvalue weighted by Crippen LogP contribution is 2.13. The minimum Gasteiger partial charge on any atom is -0.356 e. The van der Waals surface area contributed by atoms with Gasteiger partial charge in [-0.1, -0.05) is 6.07 Å². The molecular formula is C17H28FIN4. The van der Waals surface area contributed by atoms with Gasteiger partial charge in [0.2, 0.25) is 0 Å². The van der Waals surface area contributed by atoms with E-state index >= 15 is 0 Å². The number of halogens is 2. The first-order valence-electron chi connectivity index (χ1n) is 8.00. The van der Waals surface area contributed by atoms with Crippen LogP contribution in [0.2, 0.25) is 0 Å². The van der Waals surface area contributed by atoms with Gasteiger partial charge in [-0.15, -0.1) is 24.0 Å². The predicted molar refractivity (Wildman–Crippen MR) is 105 cm³/mol. The normalized spacial score (nSPS) is 18.6. The third kappa shape index (κ3) is 6.25. The Morgan fingerprint density at radius 1 is 1.39 bits per heavy atom. The molecule has 0 aliphatic carbocycles. The Morgan fingerprint density at radius 3 is 2.78 bits per heavy atom. The summed E-state index contributed by atoms with van der Waals surface area (Å²) in [7, 11) is 3.96. The molecule has 1 saturated heterocycles. The van der Waals surface area contributed by atoms with E-state index in [4.69, 9.17) is 0 Å². The van der Waals surface area contributed by atoms with E-state index in [2.05, 4.69) is 27.6 Å². The first-order chi connectivity index (χ1) is 10.6. The second-order valence-electron chi connectivity index (χ2n) is 5.98. The molecule has 2 rings (SSSR count). The van der Waals surface area contributed by atoms with Crippen LogP contribution in [0.4, 0.5) is 4.39 Å². The Kier molecular flexibility index (Phi) is 8.83. The van der Waals surface area contributed by atoms with E-state index in [0.29, 0.717) is 6.04 Å². The van der Waals surface area contributed by atoms with Gasteiger partial charge < -0.3 is 15.5 Å². The molecule has 1 aromatic carbocycles. The number of nitrogens with zero attached hydrogens (tertiary/aromatic N) is 2. The maximum atomic E-state index is 13.1. The van der Waals surface area contributed by atoms with E-state index in [1.165, 1.54) is 31.0 Å². The summed E-state index contributed by atoms with van der Waals surface area (Å²) in [6.07, 6.45) is 3.38. The maximum absolute atomic E-state index is 13.1. The lowest BCUT2D eigenvalue weighted by Gasteiger charge is -2.21. The molecule has 2 N–H and O–H groups in total. The monoisotopic (exact) mass is 434 g/mol. The number of guanidine groups is 1. The molecule has 0 radical (unpaired) electrons. The van der Waals surface area contributed by atoms with Gasteiger partial charge in [-0.25, -0.2) is 4.39 Å². The largest absolute Gasteiger partial charge is 0.356 e. The number of nitrogens with one attached hydrogen (secondary N) is 2. The molecule has 23 heavy (non-hydrogen) atoms. The molecule has 0 aromatic heterocycles. The molecule has 0 spiro atoms. The third-order valence-corrected chi connectivity index (χ3v) is 4.39. The summed E-state index contributed by atoms with van der Waals surface area (Å²) in [6, 6.07) is 5.55. The van der Waals surface area contributed by atoms with Crippen LogP contribution in [-0.4, -0.2) is 50.6 Å². The first-order valence-corrected chi connectivity index (χ1v) is 8.00. The van der Waals surface area contributed by atoms with Crippen LogP contribution >= 0.6 is 24.0 Å². The molecular weight excluding hydrogens is 406 g/mol. The van der Waals surface area contributed by atoms with Gasteiger partial charge in [0.25, 0.3) is 0 Å². The van der Waals surface area contributed by atoms with E-state index in [1.807, 2.05) is 13.0 Å². The van der Waals surface area contributed by atoms with Crippen molar-refractivity contribution in [2.75, 3.05) is 33.7 Å². The van der Waals surface area contributed by atoms with E-state index in [9.17, 15) is 4.39 Å². The summed E-state index contributed by atoms with van der Waals surface area (Å²) in [5.41, 5.74) is 2.16. The van der Waals surface area contributed by atoms with Crippen LogP contribution in [0.15, 0.2) is 23.2 Å². The Bertz CT molecular complexity index is 521. The van der Waals surface area contributed by atoms with Crippen molar-refractivity contribution in [3.8, 4) is 0 Å². The van der Waals surface area contributed by atoms with Crippen LogP contribution in [0.25, 0.3) is 0 Å². The first kappa shape index (κ1) is 20.2. The molecule has 0 saturated carbocycles. The predicted octanol–water partition coefficient (Wildman–Crippen LogP) is 2.55. The summed E-state index contributed by atoms with van der Waals surface area (Å²) in [5, 5.41) is 6.71. The lowest BCUT2D eigenvalue weighted by Crippen LogP contribution is -2.44. The Labute approximate surface area is 156 Å². The Balaban J connectivity index is 0.00000264. The summed E-state index contributed by atoms with van der Waals surface area (Å²) >= 11 is 0. The van der Waals surface area contributed by atoms with Crippen molar-refractivity contribution in [3.05, 3.63) is 35.1 Å². The van der Waals surface area contributed by atoms with Crippen molar-refractivity contribution in [3.63, 3.8) is 0 Å². The maximum Gasteiger partial charge on any atom is 0.191 e. The highest BCUT2D eigenvalue weighted by molar-refractivity contribution is 14.0. The molecule has 0 amide bonds. The van der Waals surface area contributed by atoms with Crippen molar-refractivity contribution in [1.29, 1.82) is 0 Å². The number of aliphatic imine (C=N–C) groups is 1. The van der Waals surface area contributed by atoms with E-state index in [1.54, 1.807) is 13.1 Å². The standard InChI is InChI=1S/C17H27FN4.HI/c1-13-11-15(18)7-6-14(13)8-9-20-17(19-2)21-12-16-5-4-10-22(16)3;/h6-7,11,16H,4-5,8-10,12H2,1-3H3,(H2,19,20,21);1H. The van der Waals surface area contributed by atoms with Gasteiger partial charge in [-0.2, -0.15) is 0 Å². The quantitative estimate of drug-likeness (QED) is 0.425. The zero-order chi connectivity index (χ0) is 15.9. The zero-order valence-electron chi connectivity index (χ0n) is 14.2. The van der Waals surface area contributed by atoms with Gasteiger partial charge in [0, 0.05) is 26.2 Å². The van der Waals surface area contributed by atoms with Crippen molar-refractivity contribution in [1.82, 2.24) is 15.5 Å².